The van der Waals surface area contributed by atoms with Gasteiger partial charge in [0.25, 0.3) is 0 Å². The van der Waals surface area contributed by atoms with Gasteiger partial charge in [0.1, 0.15) is 5.75 Å². The van der Waals surface area contributed by atoms with Gasteiger partial charge in [0.05, 0.1) is 0 Å². The van der Waals surface area contributed by atoms with Crippen LogP contribution in [0.1, 0.15) is 50.5 Å². The summed E-state index contributed by atoms with van der Waals surface area (Å²) in [5, 5.41) is 0. The monoisotopic (exact) mass is 378 g/mol. The maximum atomic E-state index is 12.7. The normalized spacial score (nSPS) is 31.6. The Morgan fingerprint density at radius 2 is 1.56 bits per heavy atom. The Morgan fingerprint density at radius 3 is 2.07 bits per heavy atom. The van der Waals surface area contributed by atoms with E-state index in [1.165, 1.54) is 37.7 Å². The first-order valence-corrected chi connectivity index (χ1v) is 9.65. The zero-order valence-corrected chi connectivity index (χ0v) is 15.3. The minimum atomic E-state index is -3.62. The summed E-state index contributed by atoms with van der Waals surface area (Å²) in [5.41, 5.74) is 1.29. The predicted molar refractivity (Wildman–Crippen MR) is 93.4 cm³/mol. The van der Waals surface area contributed by atoms with Crippen LogP contribution in [0, 0.1) is 23.7 Å². The van der Waals surface area contributed by atoms with E-state index in [1.807, 2.05) is 12.1 Å². The van der Waals surface area contributed by atoms with E-state index in [0.717, 1.165) is 23.7 Å². The summed E-state index contributed by atoms with van der Waals surface area (Å²) >= 11 is 0. The number of hydrogen-bond acceptors (Lipinski definition) is 4. The summed E-state index contributed by atoms with van der Waals surface area (Å²) in [6, 6.07) is 7.46. The van der Waals surface area contributed by atoms with Crippen LogP contribution in [0.2, 0.25) is 0 Å². The van der Waals surface area contributed by atoms with Crippen molar-refractivity contribution in [2.24, 2.45) is 23.7 Å². The van der Waals surface area contributed by atoms with Crippen LogP contribution >= 0.6 is 0 Å². The zero-order valence-electron chi connectivity index (χ0n) is 15.3. The van der Waals surface area contributed by atoms with E-state index in [2.05, 4.69) is 4.74 Å². The molecule has 146 valence electrons. The Hall–Kier alpha value is -1.98. The molecule has 4 nitrogen and oxygen atoms in total. The molecule has 4 aliphatic rings. The van der Waals surface area contributed by atoms with Crippen molar-refractivity contribution < 1.29 is 27.8 Å². The highest BCUT2D eigenvalue weighted by atomic mass is 19.3. The average molecular weight is 378 g/mol. The third-order valence-electron chi connectivity index (χ3n) is 6.40. The number of esters is 2. The number of ether oxygens (including phenoxy) is 2. The Kier molecular flexibility index (Phi) is 4.68. The van der Waals surface area contributed by atoms with Crippen LogP contribution in [0.3, 0.4) is 0 Å². The zero-order chi connectivity index (χ0) is 19.2. The third-order valence-corrected chi connectivity index (χ3v) is 6.40. The van der Waals surface area contributed by atoms with Crippen LogP contribution in [-0.4, -0.2) is 24.5 Å². The fourth-order valence-corrected chi connectivity index (χ4v) is 5.64. The lowest BCUT2D eigenvalue weighted by Crippen LogP contribution is -2.43. The molecule has 0 N–H and O–H groups in total. The molecule has 4 saturated carbocycles. The second-order valence-corrected chi connectivity index (χ2v) is 8.46. The lowest BCUT2D eigenvalue weighted by molar-refractivity contribution is -0.173. The SMILES string of the molecule is CC(F)(F)C(=O)OCC(=O)Oc1ccc(C2C3CC4CC(C3)CC2C4)cc1. The molecule has 0 amide bonds. The molecule has 5 rings (SSSR count). The second kappa shape index (κ2) is 6.88. The number of halogens is 2. The van der Waals surface area contributed by atoms with Crippen molar-refractivity contribution in [2.45, 2.75) is 50.9 Å². The van der Waals surface area contributed by atoms with E-state index < -0.39 is 24.5 Å². The van der Waals surface area contributed by atoms with Crippen molar-refractivity contribution in [1.82, 2.24) is 0 Å². The number of carbonyl (C=O) groups is 2. The molecule has 6 heteroatoms. The number of rotatable bonds is 5. The molecule has 0 heterocycles. The van der Waals surface area contributed by atoms with Gasteiger partial charge < -0.3 is 9.47 Å². The predicted octanol–water partition coefficient (Wildman–Crippen LogP) is 4.33. The summed E-state index contributed by atoms with van der Waals surface area (Å²) < 4.78 is 34.8. The van der Waals surface area contributed by atoms with Gasteiger partial charge in [0.15, 0.2) is 6.61 Å². The van der Waals surface area contributed by atoms with Gasteiger partial charge in [-0.15, -0.1) is 0 Å². The lowest BCUT2D eigenvalue weighted by Gasteiger charge is -2.54. The second-order valence-electron chi connectivity index (χ2n) is 8.46. The molecular weight excluding hydrogens is 354 g/mol. The third kappa shape index (κ3) is 3.85. The fraction of sp³-hybridized carbons (Fsp3) is 0.619. The van der Waals surface area contributed by atoms with Gasteiger partial charge in [0.2, 0.25) is 0 Å². The smallest absolute Gasteiger partial charge is 0.377 e. The summed E-state index contributed by atoms with van der Waals surface area (Å²) in [5.74, 6) is -1.95. The van der Waals surface area contributed by atoms with Gasteiger partial charge in [0, 0.05) is 6.92 Å². The van der Waals surface area contributed by atoms with E-state index >= 15 is 0 Å². The summed E-state index contributed by atoms with van der Waals surface area (Å²) in [6.07, 6.45) is 6.76. The van der Waals surface area contributed by atoms with Crippen molar-refractivity contribution in [3.05, 3.63) is 29.8 Å². The van der Waals surface area contributed by atoms with Crippen molar-refractivity contribution in [1.29, 1.82) is 0 Å². The first kappa shape index (κ1) is 18.4. The van der Waals surface area contributed by atoms with Crippen LogP contribution in [-0.2, 0) is 14.3 Å². The number of hydrogen-bond donors (Lipinski definition) is 0. The largest absolute Gasteiger partial charge is 0.449 e. The molecule has 1 aromatic rings. The van der Waals surface area contributed by atoms with Crippen LogP contribution in [0.5, 0.6) is 5.75 Å². The number of carbonyl (C=O) groups excluding carboxylic acids is 2. The Balaban J connectivity index is 1.34. The molecule has 0 aromatic heterocycles. The highest BCUT2D eigenvalue weighted by molar-refractivity contribution is 5.81. The van der Waals surface area contributed by atoms with Gasteiger partial charge in [-0.25, -0.2) is 9.59 Å². The van der Waals surface area contributed by atoms with Crippen LogP contribution < -0.4 is 4.74 Å². The molecule has 0 atom stereocenters. The minimum Gasteiger partial charge on any atom is -0.449 e. The van der Waals surface area contributed by atoms with Gasteiger partial charge in [-0.05, 0) is 79.4 Å². The Bertz CT molecular complexity index is 695. The van der Waals surface area contributed by atoms with Gasteiger partial charge in [-0.2, -0.15) is 8.78 Å². The van der Waals surface area contributed by atoms with Crippen molar-refractivity contribution in [2.75, 3.05) is 6.61 Å². The van der Waals surface area contributed by atoms with Gasteiger partial charge in [-0.1, -0.05) is 12.1 Å². The number of benzene rings is 1. The molecule has 4 fully saturated rings. The first-order valence-electron chi connectivity index (χ1n) is 9.65. The highest BCUT2D eigenvalue weighted by Crippen LogP contribution is 2.59. The van der Waals surface area contributed by atoms with Gasteiger partial charge in [-0.3, -0.25) is 0 Å². The molecule has 0 radical (unpaired) electrons. The van der Waals surface area contributed by atoms with Crippen molar-refractivity contribution >= 4 is 11.9 Å². The van der Waals surface area contributed by atoms with Gasteiger partial charge >= 0.3 is 17.9 Å². The molecule has 4 bridgehead atoms. The summed E-state index contributed by atoms with van der Waals surface area (Å²) in [6.45, 7) is -0.414. The van der Waals surface area contributed by atoms with E-state index in [1.54, 1.807) is 12.1 Å². The maximum Gasteiger partial charge on any atom is 0.377 e. The topological polar surface area (TPSA) is 52.6 Å². The first-order chi connectivity index (χ1) is 12.8. The van der Waals surface area contributed by atoms with E-state index in [-0.39, 0.29) is 0 Å². The summed E-state index contributed by atoms with van der Waals surface area (Å²) in [4.78, 5) is 22.7. The van der Waals surface area contributed by atoms with E-state index in [9.17, 15) is 18.4 Å². The number of alkyl halides is 2. The lowest BCUT2D eigenvalue weighted by atomic mass is 9.51. The molecule has 0 aliphatic heterocycles. The molecule has 27 heavy (non-hydrogen) atoms. The van der Waals surface area contributed by atoms with Crippen molar-refractivity contribution in [3.8, 4) is 5.75 Å². The van der Waals surface area contributed by atoms with E-state index in [0.29, 0.717) is 18.6 Å². The molecular formula is C21H24F2O4. The highest BCUT2D eigenvalue weighted by Gasteiger charge is 2.48. The molecule has 0 unspecified atom stereocenters. The van der Waals surface area contributed by atoms with Crippen LogP contribution in [0.15, 0.2) is 24.3 Å². The van der Waals surface area contributed by atoms with Crippen LogP contribution in [0.4, 0.5) is 8.78 Å². The minimum absolute atomic E-state index is 0.326. The fourth-order valence-electron chi connectivity index (χ4n) is 5.64. The van der Waals surface area contributed by atoms with Crippen molar-refractivity contribution in [3.63, 3.8) is 0 Å². The Labute approximate surface area is 157 Å². The standard InChI is InChI=1S/C21H24F2O4/c1-21(22,23)20(25)26-11-18(24)27-17-4-2-14(3-5-17)19-15-7-12-6-13(9-15)10-16(19)8-12/h2-5,12-13,15-16,19H,6-11H2,1H3. The average Bonchev–Trinajstić information content (AvgIpc) is 2.59. The Morgan fingerprint density at radius 1 is 1.00 bits per heavy atom. The molecule has 4 aliphatic carbocycles. The maximum absolute atomic E-state index is 12.7. The molecule has 1 aromatic carbocycles. The quantitative estimate of drug-likeness (QED) is 0.565. The summed E-state index contributed by atoms with van der Waals surface area (Å²) in [7, 11) is 0. The van der Waals surface area contributed by atoms with E-state index in [4.69, 9.17) is 4.74 Å². The molecule has 0 saturated heterocycles. The van der Waals surface area contributed by atoms with Crippen LogP contribution in [0.25, 0.3) is 0 Å². The molecule has 0 spiro atoms.